The number of fused-ring (bicyclic) bond motifs is 1. The lowest BCUT2D eigenvalue weighted by Crippen LogP contribution is -2.29. The molecule has 0 saturated heterocycles. The highest BCUT2D eigenvalue weighted by Gasteiger charge is 2.41. The number of benzene rings is 1. The van der Waals surface area contributed by atoms with Gasteiger partial charge in [-0.15, -0.1) is 0 Å². The van der Waals surface area contributed by atoms with Gasteiger partial charge in [0.15, 0.2) is 0 Å². The van der Waals surface area contributed by atoms with Crippen LogP contribution in [0.2, 0.25) is 10.0 Å². The molecule has 2 aliphatic heterocycles. The Kier molecular flexibility index (Phi) is 3.29. The van der Waals surface area contributed by atoms with Gasteiger partial charge >= 0.3 is 5.97 Å². The number of aromatic nitrogens is 2. The Labute approximate surface area is 145 Å². The van der Waals surface area contributed by atoms with Gasteiger partial charge in [-0.25, -0.2) is 4.79 Å². The largest absolute Gasteiger partial charge is 0.456 e. The Hall–Kier alpha value is -2.51. The second kappa shape index (κ2) is 5.25. The molecule has 2 aromatic rings. The van der Waals surface area contributed by atoms with Crippen LogP contribution in [0.15, 0.2) is 34.3 Å². The van der Waals surface area contributed by atoms with Gasteiger partial charge < -0.3 is 15.8 Å². The Morgan fingerprint density at radius 2 is 2.08 bits per heavy atom. The molecule has 0 spiro atoms. The predicted octanol–water partition coefficient (Wildman–Crippen LogP) is 2.03. The molecular weight excluding hydrogens is 355 g/mol. The first-order chi connectivity index (χ1) is 11.5. The highest BCUT2D eigenvalue weighted by Crippen LogP contribution is 2.44. The molecule has 122 valence electrons. The molecule has 2 aliphatic rings. The lowest BCUT2D eigenvalue weighted by Gasteiger charge is -2.26. The summed E-state index contributed by atoms with van der Waals surface area (Å²) in [6.07, 6.45) is 0. The maximum atomic E-state index is 12.5. The maximum Gasteiger partial charge on any atom is 0.337 e. The molecule has 0 fully saturated rings. The van der Waals surface area contributed by atoms with Crippen molar-refractivity contribution in [3.8, 4) is 0 Å². The Balaban J connectivity index is 2.03. The van der Waals surface area contributed by atoms with E-state index in [4.69, 9.17) is 33.7 Å². The minimum atomic E-state index is -0.715. The van der Waals surface area contributed by atoms with Gasteiger partial charge in [0.25, 0.3) is 5.56 Å². The number of cyclic esters (lactones) is 1. The zero-order chi connectivity index (χ0) is 17.0. The van der Waals surface area contributed by atoms with Gasteiger partial charge in [-0.05, 0) is 17.7 Å². The van der Waals surface area contributed by atoms with Gasteiger partial charge in [-0.2, -0.15) is 4.98 Å². The molecule has 9 heteroatoms. The smallest absolute Gasteiger partial charge is 0.337 e. The van der Waals surface area contributed by atoms with Gasteiger partial charge in [-0.3, -0.25) is 9.78 Å². The summed E-state index contributed by atoms with van der Waals surface area (Å²) in [4.78, 5) is 31.3. The molecule has 0 aliphatic carbocycles. The molecular formula is C15H10Cl2N4O3. The van der Waals surface area contributed by atoms with Crippen molar-refractivity contribution in [1.29, 1.82) is 0 Å². The number of carbonyl (C=O) groups excluding carboxylic acids is 1. The summed E-state index contributed by atoms with van der Waals surface area (Å²) in [5.41, 5.74) is 6.86. The third kappa shape index (κ3) is 2.16. The summed E-state index contributed by atoms with van der Waals surface area (Å²) in [5, 5.41) is 3.74. The second-order valence-corrected chi connectivity index (χ2v) is 6.25. The van der Waals surface area contributed by atoms with Crippen LogP contribution in [-0.2, 0) is 9.53 Å². The predicted molar refractivity (Wildman–Crippen MR) is 89.2 cm³/mol. The Morgan fingerprint density at radius 1 is 1.29 bits per heavy atom. The molecule has 3 heterocycles. The van der Waals surface area contributed by atoms with Crippen molar-refractivity contribution in [2.24, 2.45) is 0 Å². The molecule has 0 bridgehead atoms. The fourth-order valence-corrected chi connectivity index (χ4v) is 3.53. The molecule has 1 atom stereocenters. The van der Waals surface area contributed by atoms with Crippen molar-refractivity contribution in [2.45, 2.75) is 5.92 Å². The van der Waals surface area contributed by atoms with Crippen molar-refractivity contribution in [2.75, 3.05) is 17.7 Å². The van der Waals surface area contributed by atoms with Crippen molar-refractivity contribution in [3.05, 3.63) is 61.0 Å². The number of rotatable bonds is 1. The van der Waals surface area contributed by atoms with Crippen LogP contribution in [-0.4, -0.2) is 22.5 Å². The van der Waals surface area contributed by atoms with E-state index in [0.717, 1.165) is 0 Å². The van der Waals surface area contributed by atoms with Crippen LogP contribution < -0.4 is 16.6 Å². The number of nitrogens with zero attached hydrogens (tertiary/aromatic N) is 1. The quantitative estimate of drug-likeness (QED) is 0.667. The molecule has 24 heavy (non-hydrogen) atoms. The van der Waals surface area contributed by atoms with E-state index in [1.54, 1.807) is 18.2 Å². The molecule has 4 rings (SSSR count). The SMILES string of the molecule is Nc1nc2c(c(=O)[nH]1)C(c1ccc(Cl)cc1Cl)C1=C(COC1=O)N2. The summed E-state index contributed by atoms with van der Waals surface area (Å²) in [6, 6.07) is 4.87. The molecule has 1 unspecified atom stereocenters. The van der Waals surface area contributed by atoms with E-state index in [1.807, 2.05) is 0 Å². The number of carbonyl (C=O) groups is 1. The van der Waals surface area contributed by atoms with Crippen molar-refractivity contribution in [1.82, 2.24) is 9.97 Å². The highest BCUT2D eigenvalue weighted by molar-refractivity contribution is 6.35. The zero-order valence-corrected chi connectivity index (χ0v) is 13.5. The minimum Gasteiger partial charge on any atom is -0.456 e. The fraction of sp³-hybridized carbons (Fsp3) is 0.133. The Bertz CT molecular complexity index is 983. The number of hydrogen-bond donors (Lipinski definition) is 3. The lowest BCUT2D eigenvalue weighted by atomic mass is 9.83. The molecule has 0 radical (unpaired) electrons. The summed E-state index contributed by atoms with van der Waals surface area (Å²) < 4.78 is 5.10. The van der Waals surface area contributed by atoms with Crippen LogP contribution >= 0.6 is 23.2 Å². The normalized spacial score (nSPS) is 18.8. The second-order valence-electron chi connectivity index (χ2n) is 5.41. The van der Waals surface area contributed by atoms with Crippen molar-refractivity contribution < 1.29 is 9.53 Å². The van der Waals surface area contributed by atoms with Gasteiger partial charge in [-0.1, -0.05) is 29.3 Å². The van der Waals surface area contributed by atoms with Crippen LogP contribution in [0.25, 0.3) is 0 Å². The number of nitrogens with two attached hydrogens (primary N) is 1. The molecule has 4 N–H and O–H groups in total. The maximum absolute atomic E-state index is 12.5. The third-order valence-electron chi connectivity index (χ3n) is 3.99. The molecule has 1 aromatic carbocycles. The zero-order valence-electron chi connectivity index (χ0n) is 12.0. The fourth-order valence-electron chi connectivity index (χ4n) is 3.01. The monoisotopic (exact) mass is 364 g/mol. The van der Waals surface area contributed by atoms with E-state index >= 15 is 0 Å². The number of nitrogens with one attached hydrogen (secondary N) is 2. The first-order valence-corrected chi connectivity index (χ1v) is 7.73. The van der Waals surface area contributed by atoms with Crippen molar-refractivity contribution >= 4 is 40.9 Å². The molecule has 1 aromatic heterocycles. The number of nitrogen functional groups attached to an aromatic ring is 1. The summed E-state index contributed by atoms with van der Waals surface area (Å²) in [6.45, 7) is 0.0731. The van der Waals surface area contributed by atoms with Crippen LogP contribution in [0.5, 0.6) is 0 Å². The number of ether oxygens (including phenoxy) is 1. The van der Waals surface area contributed by atoms with Gasteiger partial charge in [0.05, 0.1) is 22.8 Å². The third-order valence-corrected chi connectivity index (χ3v) is 4.55. The standard InChI is InChI=1S/C15H10Cl2N4O3/c16-5-1-2-6(7(17)3-5)9-10-8(4-24-14(10)23)19-12-11(9)13(22)21-15(18)20-12/h1-3,9H,4H2,(H4,18,19,20,21,22). The average molecular weight is 365 g/mol. The number of esters is 1. The summed E-state index contributed by atoms with van der Waals surface area (Å²) in [7, 11) is 0. The van der Waals surface area contributed by atoms with Crippen LogP contribution in [0.1, 0.15) is 17.0 Å². The van der Waals surface area contributed by atoms with Crippen LogP contribution in [0, 0.1) is 0 Å². The minimum absolute atomic E-state index is 0.0264. The molecule has 0 amide bonds. The van der Waals surface area contributed by atoms with Crippen LogP contribution in [0.4, 0.5) is 11.8 Å². The van der Waals surface area contributed by atoms with E-state index in [0.29, 0.717) is 26.9 Å². The molecule has 7 nitrogen and oxygen atoms in total. The molecule has 0 saturated carbocycles. The van der Waals surface area contributed by atoms with E-state index in [1.165, 1.54) is 0 Å². The average Bonchev–Trinajstić information content (AvgIpc) is 2.86. The topological polar surface area (TPSA) is 110 Å². The number of halogens is 2. The van der Waals surface area contributed by atoms with E-state index in [2.05, 4.69) is 15.3 Å². The highest BCUT2D eigenvalue weighted by atomic mass is 35.5. The summed E-state index contributed by atoms with van der Waals surface area (Å²) in [5.74, 6) is -0.964. The number of H-pyrrole nitrogens is 1. The van der Waals surface area contributed by atoms with Gasteiger partial charge in [0.2, 0.25) is 5.95 Å². The van der Waals surface area contributed by atoms with Crippen molar-refractivity contribution in [3.63, 3.8) is 0 Å². The van der Waals surface area contributed by atoms with Gasteiger partial charge in [0, 0.05) is 10.0 Å². The number of anilines is 2. The van der Waals surface area contributed by atoms with Crippen LogP contribution in [0.3, 0.4) is 0 Å². The first-order valence-electron chi connectivity index (χ1n) is 6.97. The Morgan fingerprint density at radius 3 is 2.83 bits per heavy atom. The van der Waals surface area contributed by atoms with Gasteiger partial charge in [0.1, 0.15) is 12.4 Å². The van der Waals surface area contributed by atoms with E-state index in [9.17, 15) is 9.59 Å². The van der Waals surface area contributed by atoms with E-state index in [-0.39, 0.29) is 23.9 Å². The lowest BCUT2D eigenvalue weighted by molar-refractivity contribution is -0.136. The van der Waals surface area contributed by atoms with E-state index < -0.39 is 17.4 Å². The summed E-state index contributed by atoms with van der Waals surface area (Å²) >= 11 is 12.3. The first kappa shape index (κ1) is 15.0. The number of hydrogen-bond acceptors (Lipinski definition) is 6. The number of aromatic amines is 1.